The zero-order chi connectivity index (χ0) is 35.9. The first-order valence-corrected chi connectivity index (χ1v) is 14.3. The van der Waals surface area contributed by atoms with Gasteiger partial charge in [-0.15, -0.1) is 0 Å². The van der Waals surface area contributed by atoms with Gasteiger partial charge in [-0.05, 0) is 71.3 Å². The Kier molecular flexibility index (Phi) is 10.8. The molecule has 2 atom stereocenters. The van der Waals surface area contributed by atoms with Gasteiger partial charge in [-0.25, -0.2) is 19.2 Å². The minimum absolute atomic E-state index is 0.233. The van der Waals surface area contributed by atoms with E-state index in [9.17, 15) is 60.0 Å². The van der Waals surface area contributed by atoms with Gasteiger partial charge in [0, 0.05) is 31.1 Å². The number of carboxylic acids is 1. The Balaban J connectivity index is 1.58. The van der Waals surface area contributed by atoms with Crippen molar-refractivity contribution in [2.75, 3.05) is 0 Å². The van der Waals surface area contributed by atoms with Gasteiger partial charge in [-0.2, -0.15) is 0 Å². The number of benzene rings is 3. The summed E-state index contributed by atoms with van der Waals surface area (Å²) in [5.41, 5.74) is -1.75. The Labute approximate surface area is 277 Å². The second kappa shape index (κ2) is 15.0. The maximum Gasteiger partial charge on any atom is 0.348 e. The smallest absolute Gasteiger partial charge is 0.348 e. The number of ether oxygens (including phenoxy) is 3. The number of aromatic hydroxyl groups is 6. The third kappa shape index (κ3) is 9.08. The fraction of sp³-hybridized carbons (Fsp3) is 0.176. The van der Waals surface area contributed by atoms with Crippen molar-refractivity contribution in [3.05, 3.63) is 89.5 Å². The summed E-state index contributed by atoms with van der Waals surface area (Å²) in [5, 5.41) is 78.8. The van der Waals surface area contributed by atoms with Crippen molar-refractivity contribution in [1.82, 2.24) is 0 Å². The number of hydrogen-bond donors (Lipinski definition) is 8. The maximum absolute atomic E-state index is 12.8. The predicted octanol–water partition coefficient (Wildman–Crippen LogP) is 2.71. The average Bonchev–Trinajstić information content (AvgIpc) is 3.04. The van der Waals surface area contributed by atoms with Crippen molar-refractivity contribution in [1.29, 1.82) is 0 Å². The minimum Gasteiger partial charge on any atom is -0.504 e. The number of aliphatic hydroxyl groups is 1. The molecule has 4 rings (SSSR count). The fourth-order valence-electron chi connectivity index (χ4n) is 4.77. The summed E-state index contributed by atoms with van der Waals surface area (Å²) in [4.78, 5) is 51.0. The van der Waals surface area contributed by atoms with Crippen LogP contribution in [-0.4, -0.2) is 88.6 Å². The standard InChI is InChI=1S/C34H30O15/c35-21-7-1-18(13-24(21)38)4-10-29(41)47-27-16-34(33(45)46,49-31(43)12-6-20-3-9-23(37)26(40)15-20)17-28(32(27)44)48-30(42)11-5-19-2-8-22(36)25(39)14-19/h1-15,27-28,32,35-40,44H,16-17H2,(H,45,46)/b10-4+,11-5+,12-6+/t27-,28-,32?,34?/m1/s1. The third-order valence-electron chi connectivity index (χ3n) is 7.28. The topological polar surface area (TPSA) is 258 Å². The molecular formula is C34H30O15. The first kappa shape index (κ1) is 35.4. The molecule has 1 saturated carbocycles. The number of carbonyl (C=O) groups is 4. The van der Waals surface area contributed by atoms with Crippen LogP contribution in [0.5, 0.6) is 34.5 Å². The summed E-state index contributed by atoms with van der Waals surface area (Å²) < 4.78 is 16.0. The van der Waals surface area contributed by atoms with Gasteiger partial charge in [0.05, 0.1) is 0 Å². The van der Waals surface area contributed by atoms with Crippen LogP contribution in [0.1, 0.15) is 29.5 Å². The largest absolute Gasteiger partial charge is 0.504 e. The van der Waals surface area contributed by atoms with Crippen LogP contribution < -0.4 is 0 Å². The Morgan fingerprint density at radius 3 is 1.24 bits per heavy atom. The van der Waals surface area contributed by atoms with E-state index in [0.29, 0.717) is 0 Å². The summed E-state index contributed by atoms with van der Waals surface area (Å²) in [5.74, 6) is -7.79. The monoisotopic (exact) mass is 678 g/mol. The van der Waals surface area contributed by atoms with Gasteiger partial charge in [0.15, 0.2) is 34.5 Å². The van der Waals surface area contributed by atoms with Gasteiger partial charge >= 0.3 is 23.9 Å². The van der Waals surface area contributed by atoms with Crippen LogP contribution in [0.15, 0.2) is 72.8 Å². The number of carbonyl (C=O) groups excluding carboxylic acids is 3. The molecule has 8 N–H and O–H groups in total. The van der Waals surface area contributed by atoms with E-state index >= 15 is 0 Å². The molecule has 0 spiro atoms. The van der Waals surface area contributed by atoms with Gasteiger partial charge in [0.25, 0.3) is 0 Å². The molecule has 0 saturated heterocycles. The van der Waals surface area contributed by atoms with E-state index in [-0.39, 0.29) is 16.7 Å². The predicted molar refractivity (Wildman–Crippen MR) is 168 cm³/mol. The van der Waals surface area contributed by atoms with E-state index in [1.54, 1.807) is 0 Å². The molecular weight excluding hydrogens is 648 g/mol. The Bertz CT molecular complexity index is 1760. The lowest BCUT2D eigenvalue weighted by Gasteiger charge is -2.42. The van der Waals surface area contributed by atoms with E-state index in [2.05, 4.69) is 0 Å². The van der Waals surface area contributed by atoms with Crippen LogP contribution in [0.3, 0.4) is 0 Å². The summed E-state index contributed by atoms with van der Waals surface area (Å²) in [6, 6.07) is 10.9. The number of phenols is 6. The Morgan fingerprint density at radius 1 is 0.571 bits per heavy atom. The molecule has 15 nitrogen and oxygen atoms in total. The zero-order valence-corrected chi connectivity index (χ0v) is 25.2. The SMILES string of the molecule is O=C(/C=C/c1ccc(O)c(O)c1)O[C@@H]1CC(OC(=O)/C=C/c2ccc(O)c(O)c2)(C(=O)O)C[C@@H](OC(=O)/C=C/c2ccc(O)c(O)c2)C1O. The maximum atomic E-state index is 12.8. The molecule has 0 heterocycles. The van der Waals surface area contributed by atoms with Crippen molar-refractivity contribution in [3.8, 4) is 34.5 Å². The third-order valence-corrected chi connectivity index (χ3v) is 7.28. The second-order valence-corrected chi connectivity index (χ2v) is 10.8. The van der Waals surface area contributed by atoms with E-state index in [0.717, 1.165) is 60.7 Å². The molecule has 49 heavy (non-hydrogen) atoms. The molecule has 15 heteroatoms. The quantitative estimate of drug-likeness (QED) is 0.0664. The molecule has 0 radical (unpaired) electrons. The molecule has 1 fully saturated rings. The summed E-state index contributed by atoms with van der Waals surface area (Å²) >= 11 is 0. The molecule has 0 unspecified atom stereocenters. The van der Waals surface area contributed by atoms with Crippen LogP contribution in [-0.2, 0) is 33.4 Å². The van der Waals surface area contributed by atoms with Crippen molar-refractivity contribution in [3.63, 3.8) is 0 Å². The lowest BCUT2D eigenvalue weighted by atomic mass is 9.79. The average molecular weight is 679 g/mol. The van der Waals surface area contributed by atoms with Crippen molar-refractivity contribution < 1.29 is 74.2 Å². The lowest BCUT2D eigenvalue weighted by Crippen LogP contribution is -2.59. The molecule has 256 valence electrons. The highest BCUT2D eigenvalue weighted by Crippen LogP contribution is 2.37. The van der Waals surface area contributed by atoms with Gasteiger partial charge in [0.2, 0.25) is 5.60 Å². The van der Waals surface area contributed by atoms with E-state index < -0.39 is 95.1 Å². The summed E-state index contributed by atoms with van der Waals surface area (Å²) in [6.45, 7) is 0. The zero-order valence-electron chi connectivity index (χ0n) is 25.2. The van der Waals surface area contributed by atoms with Crippen molar-refractivity contribution in [2.45, 2.75) is 36.8 Å². The summed E-state index contributed by atoms with van der Waals surface area (Å²) in [6.07, 6.45) is -0.661. The minimum atomic E-state index is -2.51. The highest BCUT2D eigenvalue weighted by molar-refractivity contribution is 5.91. The lowest BCUT2D eigenvalue weighted by molar-refractivity contribution is -0.211. The molecule has 0 aliphatic heterocycles. The van der Waals surface area contributed by atoms with Crippen LogP contribution in [0.4, 0.5) is 0 Å². The van der Waals surface area contributed by atoms with Gasteiger partial charge in [0.1, 0.15) is 18.3 Å². The molecule has 1 aliphatic carbocycles. The number of rotatable bonds is 10. The van der Waals surface area contributed by atoms with E-state index in [4.69, 9.17) is 14.2 Å². The number of phenolic OH excluding ortho intramolecular Hbond substituents is 6. The number of aliphatic carboxylic acids is 1. The molecule has 0 bridgehead atoms. The van der Waals surface area contributed by atoms with E-state index in [1.807, 2.05) is 0 Å². The summed E-state index contributed by atoms with van der Waals surface area (Å²) in [7, 11) is 0. The van der Waals surface area contributed by atoms with Crippen molar-refractivity contribution >= 4 is 42.1 Å². The molecule has 0 aromatic heterocycles. The van der Waals surface area contributed by atoms with Crippen LogP contribution in [0.25, 0.3) is 18.2 Å². The van der Waals surface area contributed by atoms with Crippen LogP contribution in [0, 0.1) is 0 Å². The highest BCUT2D eigenvalue weighted by Gasteiger charge is 2.55. The molecule has 0 amide bonds. The molecule has 1 aliphatic rings. The fourth-order valence-corrected chi connectivity index (χ4v) is 4.77. The van der Waals surface area contributed by atoms with Gasteiger partial charge in [-0.1, -0.05) is 18.2 Å². The number of aliphatic hydroxyl groups excluding tert-OH is 1. The van der Waals surface area contributed by atoms with E-state index in [1.165, 1.54) is 30.4 Å². The number of esters is 3. The Morgan fingerprint density at radius 2 is 0.918 bits per heavy atom. The van der Waals surface area contributed by atoms with Crippen LogP contribution in [0.2, 0.25) is 0 Å². The van der Waals surface area contributed by atoms with Gasteiger partial charge < -0.3 is 55.1 Å². The van der Waals surface area contributed by atoms with Crippen molar-refractivity contribution in [2.24, 2.45) is 0 Å². The second-order valence-electron chi connectivity index (χ2n) is 10.8. The van der Waals surface area contributed by atoms with Crippen LogP contribution >= 0.6 is 0 Å². The van der Waals surface area contributed by atoms with Gasteiger partial charge in [-0.3, -0.25) is 0 Å². The highest BCUT2D eigenvalue weighted by atomic mass is 16.6. The Hall–Kier alpha value is -6.48. The molecule has 3 aromatic rings. The number of carboxylic acid groups (broad SMARTS) is 1. The first-order chi connectivity index (χ1) is 23.2. The normalized spacial score (nSPS) is 20.7. The number of hydrogen-bond acceptors (Lipinski definition) is 14. The molecule has 3 aromatic carbocycles. The first-order valence-electron chi connectivity index (χ1n) is 14.3.